The van der Waals surface area contributed by atoms with Gasteiger partial charge in [-0.25, -0.2) is 0 Å². The molecule has 2 aliphatic heterocycles. The largest absolute Gasteiger partial charge is 0.396 e. The van der Waals surface area contributed by atoms with Crippen LogP contribution in [0, 0.1) is 0 Å². The molecule has 0 saturated carbocycles. The summed E-state index contributed by atoms with van der Waals surface area (Å²) in [5.41, 5.74) is -0.186. The maximum atomic E-state index is 9.21. The van der Waals surface area contributed by atoms with Crippen molar-refractivity contribution in [3.63, 3.8) is 0 Å². The average Bonchev–Trinajstić information content (AvgIpc) is 3.14. The van der Waals surface area contributed by atoms with Crippen LogP contribution in [0.1, 0.15) is 66.2 Å². The standard InChI is InChI=1S/C29H42O3Si/c1-28(2,3)33(25-13-7-5-8-14-25,26-15-9-6-10-16-26)21-19-23-17-18-27-29(4,32-23)22-24(31-27)12-11-20-30/h5-10,13-16,23-24,27,30H,11-12,17-22H2,1-4H3/t23-,24+,27+,29+/m1/s1. The van der Waals surface area contributed by atoms with Crippen LogP contribution in [-0.2, 0) is 9.47 Å². The van der Waals surface area contributed by atoms with Gasteiger partial charge in [0.25, 0.3) is 0 Å². The first-order chi connectivity index (χ1) is 15.8. The van der Waals surface area contributed by atoms with E-state index in [0.717, 1.165) is 38.5 Å². The molecule has 2 heterocycles. The molecule has 4 rings (SSSR count). The van der Waals surface area contributed by atoms with Gasteiger partial charge in [0.1, 0.15) is 8.07 Å². The summed E-state index contributed by atoms with van der Waals surface area (Å²) in [7, 11) is -2.06. The molecule has 4 atom stereocenters. The van der Waals surface area contributed by atoms with E-state index in [9.17, 15) is 5.11 Å². The first kappa shape index (κ1) is 24.7. The van der Waals surface area contributed by atoms with E-state index in [1.165, 1.54) is 16.4 Å². The van der Waals surface area contributed by atoms with E-state index in [-0.39, 0.29) is 35.6 Å². The van der Waals surface area contributed by atoms with Crippen LogP contribution in [0.5, 0.6) is 0 Å². The lowest BCUT2D eigenvalue weighted by atomic mass is 9.87. The van der Waals surface area contributed by atoms with Crippen molar-refractivity contribution < 1.29 is 14.6 Å². The molecule has 2 aliphatic rings. The second-order valence-electron chi connectivity index (χ2n) is 11.4. The van der Waals surface area contributed by atoms with Crippen LogP contribution in [0.15, 0.2) is 60.7 Å². The summed E-state index contributed by atoms with van der Waals surface area (Å²) in [6, 6.07) is 23.7. The van der Waals surface area contributed by atoms with Crippen LogP contribution in [0.4, 0.5) is 0 Å². The summed E-state index contributed by atoms with van der Waals surface area (Å²) in [5.74, 6) is 0. The lowest BCUT2D eigenvalue weighted by Crippen LogP contribution is -2.64. The second-order valence-corrected chi connectivity index (χ2v) is 16.3. The zero-order valence-electron chi connectivity index (χ0n) is 20.9. The van der Waals surface area contributed by atoms with E-state index in [4.69, 9.17) is 9.47 Å². The summed E-state index contributed by atoms with van der Waals surface area (Å²) in [5, 5.41) is 12.4. The molecule has 3 nitrogen and oxygen atoms in total. The average molecular weight is 467 g/mol. The monoisotopic (exact) mass is 466 g/mol. The normalized spacial score (nSPS) is 28.0. The highest BCUT2D eigenvalue weighted by atomic mass is 28.3. The number of aliphatic hydroxyl groups excluding tert-OH is 1. The van der Waals surface area contributed by atoms with E-state index in [1.807, 2.05) is 0 Å². The fraction of sp³-hybridized carbons (Fsp3) is 0.586. The third kappa shape index (κ3) is 5.00. The molecular weight excluding hydrogens is 424 g/mol. The Morgan fingerprint density at radius 3 is 2.06 bits per heavy atom. The molecule has 2 saturated heterocycles. The maximum Gasteiger partial charge on any atom is 0.123 e. The lowest BCUT2D eigenvalue weighted by molar-refractivity contribution is -0.156. The SMILES string of the molecule is CC(C)(C)[Si](CC[C@H]1CC[C@@H]2O[C@@H](CCCO)C[C@]2(C)O1)(c1ccccc1)c1ccccc1. The Labute approximate surface area is 201 Å². The first-order valence-electron chi connectivity index (χ1n) is 12.8. The van der Waals surface area contributed by atoms with Crippen molar-refractivity contribution in [3.8, 4) is 0 Å². The quantitative estimate of drug-likeness (QED) is 0.536. The number of hydrogen-bond acceptors (Lipinski definition) is 3. The number of fused-ring (bicyclic) bond motifs is 1. The Morgan fingerprint density at radius 2 is 1.52 bits per heavy atom. The van der Waals surface area contributed by atoms with Crippen molar-refractivity contribution in [1.82, 2.24) is 0 Å². The highest BCUT2D eigenvalue weighted by molar-refractivity contribution is 7.04. The lowest BCUT2D eigenvalue weighted by Gasteiger charge is -2.46. The van der Waals surface area contributed by atoms with Crippen molar-refractivity contribution in [1.29, 1.82) is 0 Å². The molecule has 33 heavy (non-hydrogen) atoms. The van der Waals surface area contributed by atoms with Gasteiger partial charge < -0.3 is 14.6 Å². The van der Waals surface area contributed by atoms with E-state index in [0.29, 0.717) is 0 Å². The number of hydrogen-bond donors (Lipinski definition) is 1. The first-order valence-corrected chi connectivity index (χ1v) is 15.0. The van der Waals surface area contributed by atoms with Crippen molar-refractivity contribution in [2.75, 3.05) is 6.61 Å². The van der Waals surface area contributed by atoms with E-state index in [1.54, 1.807) is 0 Å². The van der Waals surface area contributed by atoms with Crippen LogP contribution in [-0.4, -0.2) is 43.7 Å². The third-order valence-corrected chi connectivity index (χ3v) is 14.4. The fourth-order valence-electron chi connectivity index (χ4n) is 6.49. The van der Waals surface area contributed by atoms with Gasteiger partial charge in [-0.3, -0.25) is 0 Å². The summed E-state index contributed by atoms with van der Waals surface area (Å²) in [4.78, 5) is 0. The van der Waals surface area contributed by atoms with Gasteiger partial charge in [-0.15, -0.1) is 0 Å². The van der Waals surface area contributed by atoms with Crippen LogP contribution in [0.3, 0.4) is 0 Å². The molecule has 0 bridgehead atoms. The number of rotatable bonds is 8. The van der Waals surface area contributed by atoms with E-state index >= 15 is 0 Å². The Balaban J connectivity index is 1.56. The van der Waals surface area contributed by atoms with Gasteiger partial charge in [0, 0.05) is 13.0 Å². The summed E-state index contributed by atoms with van der Waals surface area (Å²) in [6.45, 7) is 9.81. The molecule has 0 amide bonds. The molecular formula is C29H42O3Si. The predicted molar refractivity (Wildman–Crippen MR) is 139 cm³/mol. The van der Waals surface area contributed by atoms with Gasteiger partial charge in [-0.1, -0.05) is 91.8 Å². The van der Waals surface area contributed by atoms with Gasteiger partial charge in [0.2, 0.25) is 0 Å². The zero-order chi connectivity index (χ0) is 23.5. The summed E-state index contributed by atoms with van der Waals surface area (Å²) >= 11 is 0. The van der Waals surface area contributed by atoms with Crippen LogP contribution in [0.25, 0.3) is 0 Å². The molecule has 0 radical (unpaired) electrons. The number of aliphatic hydroxyl groups is 1. The Kier molecular flexibility index (Phi) is 7.49. The minimum atomic E-state index is -2.06. The molecule has 0 spiro atoms. The molecule has 2 aromatic carbocycles. The van der Waals surface area contributed by atoms with Gasteiger partial charge >= 0.3 is 0 Å². The highest BCUT2D eigenvalue weighted by Gasteiger charge is 2.51. The Hall–Kier alpha value is -1.46. The molecule has 2 aromatic rings. The summed E-state index contributed by atoms with van der Waals surface area (Å²) < 4.78 is 13.2. The number of benzene rings is 2. The van der Waals surface area contributed by atoms with Crippen molar-refractivity contribution in [2.24, 2.45) is 0 Å². The van der Waals surface area contributed by atoms with Crippen molar-refractivity contribution in [2.45, 2.75) is 101 Å². The minimum absolute atomic E-state index is 0.183. The van der Waals surface area contributed by atoms with Crippen molar-refractivity contribution >= 4 is 18.4 Å². The van der Waals surface area contributed by atoms with Crippen LogP contribution in [0.2, 0.25) is 11.1 Å². The molecule has 180 valence electrons. The molecule has 1 N–H and O–H groups in total. The predicted octanol–water partition coefficient (Wildman–Crippen LogP) is 5.31. The van der Waals surface area contributed by atoms with Crippen molar-refractivity contribution in [3.05, 3.63) is 60.7 Å². The topological polar surface area (TPSA) is 38.7 Å². The second kappa shape index (κ2) is 10.0. The maximum absolute atomic E-state index is 9.21. The Bertz CT molecular complexity index is 839. The minimum Gasteiger partial charge on any atom is -0.396 e. The third-order valence-electron chi connectivity index (χ3n) is 8.20. The van der Waals surface area contributed by atoms with Gasteiger partial charge in [-0.05, 0) is 50.1 Å². The van der Waals surface area contributed by atoms with E-state index in [2.05, 4.69) is 88.4 Å². The fourth-order valence-corrected chi connectivity index (χ4v) is 12.2. The molecule has 0 unspecified atom stereocenters. The van der Waals surface area contributed by atoms with Crippen LogP contribution < -0.4 is 10.4 Å². The van der Waals surface area contributed by atoms with Gasteiger partial charge in [0.05, 0.1) is 23.9 Å². The van der Waals surface area contributed by atoms with Gasteiger partial charge in [-0.2, -0.15) is 0 Å². The molecule has 0 aromatic heterocycles. The highest BCUT2D eigenvalue weighted by Crippen LogP contribution is 2.45. The van der Waals surface area contributed by atoms with Crippen LogP contribution >= 0.6 is 0 Å². The zero-order valence-corrected chi connectivity index (χ0v) is 21.9. The molecule has 0 aliphatic carbocycles. The smallest absolute Gasteiger partial charge is 0.123 e. The van der Waals surface area contributed by atoms with Gasteiger partial charge in [0.15, 0.2) is 0 Å². The summed E-state index contributed by atoms with van der Waals surface area (Å²) in [6.07, 6.45) is 6.65. The molecule has 4 heteroatoms. The van der Waals surface area contributed by atoms with E-state index < -0.39 is 8.07 Å². The molecule has 2 fully saturated rings. The Morgan fingerprint density at radius 1 is 0.909 bits per heavy atom. The number of ether oxygens (including phenoxy) is 2.